The highest BCUT2D eigenvalue weighted by Gasteiger charge is 2.11. The number of nitrogens with zero attached hydrogens (tertiary/aromatic N) is 1. The lowest BCUT2D eigenvalue weighted by Crippen LogP contribution is -2.18. The van der Waals surface area contributed by atoms with Crippen LogP contribution in [-0.2, 0) is 0 Å². The van der Waals surface area contributed by atoms with Crippen molar-refractivity contribution in [3.63, 3.8) is 0 Å². The van der Waals surface area contributed by atoms with Crippen LogP contribution in [0.5, 0.6) is 0 Å². The summed E-state index contributed by atoms with van der Waals surface area (Å²) in [4.78, 5) is 5.64. The lowest BCUT2D eigenvalue weighted by atomic mass is 10.1. The lowest BCUT2D eigenvalue weighted by molar-refractivity contribution is 0.585. The van der Waals surface area contributed by atoms with E-state index in [4.69, 9.17) is 11.6 Å². The topological polar surface area (TPSA) is 24.9 Å². The summed E-state index contributed by atoms with van der Waals surface area (Å²) in [5.41, 5.74) is 1.23. The first kappa shape index (κ1) is 14.4. The quantitative estimate of drug-likeness (QED) is 0.874. The van der Waals surface area contributed by atoms with Gasteiger partial charge in [0.15, 0.2) is 0 Å². The molecule has 0 aliphatic rings. The summed E-state index contributed by atoms with van der Waals surface area (Å²) < 4.78 is 0. The molecule has 0 spiro atoms. The van der Waals surface area contributed by atoms with Crippen LogP contribution in [0.25, 0.3) is 0 Å². The molecule has 2 nitrogen and oxygen atoms in total. The van der Waals surface area contributed by atoms with Crippen molar-refractivity contribution in [2.75, 3.05) is 6.54 Å². The average Bonchev–Trinajstić information content (AvgIpc) is 2.42. The van der Waals surface area contributed by atoms with Crippen LogP contribution in [0.2, 0.25) is 5.02 Å². The molecule has 1 unspecified atom stereocenters. The van der Waals surface area contributed by atoms with Crippen molar-refractivity contribution in [3.8, 4) is 0 Å². The molecule has 1 heterocycles. The highest BCUT2D eigenvalue weighted by Crippen LogP contribution is 2.31. The smallest absolute Gasteiger partial charge is 0.105 e. The van der Waals surface area contributed by atoms with E-state index in [-0.39, 0.29) is 0 Å². The third-order valence-electron chi connectivity index (χ3n) is 2.81. The fourth-order valence-corrected chi connectivity index (χ4v) is 2.95. The maximum Gasteiger partial charge on any atom is 0.105 e. The zero-order chi connectivity index (χ0) is 13.7. The fraction of sp³-hybridized carbons (Fsp3) is 0.267. The number of pyridine rings is 1. The normalized spacial score (nSPS) is 12.4. The minimum Gasteiger partial charge on any atom is -0.310 e. The Labute approximate surface area is 123 Å². The van der Waals surface area contributed by atoms with E-state index in [0.29, 0.717) is 6.04 Å². The largest absolute Gasteiger partial charge is 0.310 e. The van der Waals surface area contributed by atoms with Gasteiger partial charge in [-0.1, -0.05) is 36.4 Å². The van der Waals surface area contributed by atoms with E-state index in [9.17, 15) is 0 Å². The van der Waals surface area contributed by atoms with E-state index in [1.165, 1.54) is 5.56 Å². The highest BCUT2D eigenvalue weighted by atomic mass is 35.5. The monoisotopic (exact) mass is 292 g/mol. The first-order valence-electron chi connectivity index (χ1n) is 6.32. The molecule has 0 aliphatic heterocycles. The first-order chi connectivity index (χ1) is 9.20. The predicted molar refractivity (Wildman–Crippen MR) is 81.9 cm³/mol. The molecular formula is C15H17ClN2S. The van der Waals surface area contributed by atoms with Gasteiger partial charge >= 0.3 is 0 Å². The van der Waals surface area contributed by atoms with Crippen LogP contribution >= 0.6 is 23.4 Å². The summed E-state index contributed by atoms with van der Waals surface area (Å²) in [5, 5.41) is 5.22. The maximum absolute atomic E-state index is 5.90. The number of benzene rings is 1. The zero-order valence-corrected chi connectivity index (χ0v) is 12.6. The Balaban J connectivity index is 2.22. The van der Waals surface area contributed by atoms with E-state index in [1.807, 2.05) is 36.5 Å². The van der Waals surface area contributed by atoms with Gasteiger partial charge in [-0.05, 0) is 43.8 Å². The van der Waals surface area contributed by atoms with Crippen molar-refractivity contribution < 1.29 is 0 Å². The molecule has 1 atom stereocenters. The molecule has 1 N–H and O–H groups in total. The van der Waals surface area contributed by atoms with Crippen LogP contribution in [0.15, 0.2) is 52.5 Å². The van der Waals surface area contributed by atoms with Crippen molar-refractivity contribution in [3.05, 3.63) is 53.2 Å². The Morgan fingerprint density at radius 1 is 1.26 bits per heavy atom. The van der Waals surface area contributed by atoms with Gasteiger partial charge in [0.2, 0.25) is 0 Å². The van der Waals surface area contributed by atoms with Gasteiger partial charge in [-0.3, -0.25) is 0 Å². The molecule has 0 saturated heterocycles. The number of hydrogen-bond acceptors (Lipinski definition) is 3. The Morgan fingerprint density at radius 2 is 2.00 bits per heavy atom. The van der Waals surface area contributed by atoms with E-state index in [2.05, 4.69) is 30.2 Å². The van der Waals surface area contributed by atoms with Crippen LogP contribution in [0.4, 0.5) is 0 Å². The Kier molecular flexibility index (Phi) is 5.25. The highest BCUT2D eigenvalue weighted by molar-refractivity contribution is 7.99. The molecule has 0 saturated carbocycles. The Bertz CT molecular complexity index is 528. The summed E-state index contributed by atoms with van der Waals surface area (Å²) in [6.07, 6.45) is 1.83. The fourth-order valence-electron chi connectivity index (χ4n) is 1.85. The maximum atomic E-state index is 5.90. The number of aromatic nitrogens is 1. The molecule has 1 aromatic heterocycles. The van der Waals surface area contributed by atoms with Crippen molar-refractivity contribution in [1.82, 2.24) is 10.3 Å². The van der Waals surface area contributed by atoms with E-state index in [0.717, 1.165) is 21.5 Å². The van der Waals surface area contributed by atoms with E-state index < -0.39 is 0 Å². The molecule has 0 aliphatic carbocycles. The molecule has 100 valence electrons. The minimum atomic E-state index is 0.300. The number of hydrogen-bond donors (Lipinski definition) is 1. The van der Waals surface area contributed by atoms with Gasteiger partial charge in [-0.2, -0.15) is 0 Å². The zero-order valence-electron chi connectivity index (χ0n) is 11.1. The van der Waals surface area contributed by atoms with Gasteiger partial charge in [0, 0.05) is 27.7 Å². The summed E-state index contributed by atoms with van der Waals surface area (Å²) in [7, 11) is 0. The van der Waals surface area contributed by atoms with Crippen molar-refractivity contribution in [2.45, 2.75) is 29.8 Å². The lowest BCUT2D eigenvalue weighted by Gasteiger charge is -2.15. The predicted octanol–water partition coefficient (Wildman–Crippen LogP) is 4.56. The van der Waals surface area contributed by atoms with Crippen LogP contribution < -0.4 is 5.32 Å². The third-order valence-corrected chi connectivity index (χ3v) is 4.10. The second-order valence-corrected chi connectivity index (χ2v) is 5.73. The summed E-state index contributed by atoms with van der Waals surface area (Å²) in [6, 6.07) is 12.2. The Morgan fingerprint density at radius 3 is 2.68 bits per heavy atom. The molecule has 19 heavy (non-hydrogen) atoms. The summed E-state index contributed by atoms with van der Waals surface area (Å²) in [5.74, 6) is 0. The van der Waals surface area contributed by atoms with Crippen LogP contribution in [0.3, 0.4) is 0 Å². The van der Waals surface area contributed by atoms with Crippen molar-refractivity contribution >= 4 is 23.4 Å². The van der Waals surface area contributed by atoms with Crippen LogP contribution in [-0.4, -0.2) is 11.5 Å². The second kappa shape index (κ2) is 6.94. The van der Waals surface area contributed by atoms with Gasteiger partial charge in [-0.25, -0.2) is 4.98 Å². The van der Waals surface area contributed by atoms with Gasteiger partial charge in [0.25, 0.3) is 0 Å². The summed E-state index contributed by atoms with van der Waals surface area (Å²) >= 11 is 7.57. The molecule has 2 rings (SSSR count). The summed E-state index contributed by atoms with van der Waals surface area (Å²) in [6.45, 7) is 5.21. The molecule has 0 radical (unpaired) electrons. The molecular weight excluding hydrogens is 276 g/mol. The van der Waals surface area contributed by atoms with Gasteiger partial charge in [0.1, 0.15) is 5.03 Å². The Hall–Kier alpha value is -1.03. The van der Waals surface area contributed by atoms with Crippen molar-refractivity contribution in [2.24, 2.45) is 0 Å². The molecule has 2 aromatic rings. The number of rotatable bonds is 5. The van der Waals surface area contributed by atoms with E-state index in [1.54, 1.807) is 11.8 Å². The molecule has 0 amide bonds. The number of halogens is 1. The molecule has 0 bridgehead atoms. The molecule has 1 aromatic carbocycles. The molecule has 4 heteroatoms. The van der Waals surface area contributed by atoms with Gasteiger partial charge in [-0.15, -0.1) is 0 Å². The van der Waals surface area contributed by atoms with Crippen LogP contribution in [0.1, 0.15) is 25.5 Å². The van der Waals surface area contributed by atoms with E-state index >= 15 is 0 Å². The second-order valence-electron chi connectivity index (χ2n) is 4.23. The number of nitrogens with one attached hydrogen (secondary N) is 1. The SMILES string of the molecule is CCNC(C)c1cccnc1Sc1ccc(Cl)cc1. The van der Waals surface area contributed by atoms with Crippen LogP contribution in [0, 0.1) is 0 Å². The third kappa shape index (κ3) is 3.96. The molecule has 0 fully saturated rings. The van der Waals surface area contributed by atoms with Crippen molar-refractivity contribution in [1.29, 1.82) is 0 Å². The van der Waals surface area contributed by atoms with Gasteiger partial charge < -0.3 is 5.32 Å². The van der Waals surface area contributed by atoms with Gasteiger partial charge in [0.05, 0.1) is 0 Å². The minimum absolute atomic E-state index is 0.300. The average molecular weight is 293 g/mol. The standard InChI is InChI=1S/C15H17ClN2S/c1-3-17-11(2)14-5-4-10-18-15(14)19-13-8-6-12(16)7-9-13/h4-11,17H,3H2,1-2H3. The first-order valence-corrected chi connectivity index (χ1v) is 7.52.